The first-order chi connectivity index (χ1) is 18.7. The Labute approximate surface area is 246 Å². The van der Waals surface area contributed by atoms with Crippen LogP contribution in [0.1, 0.15) is 35.3 Å². The highest BCUT2D eigenvalue weighted by Gasteiger charge is 2.26. The molecule has 40 heavy (non-hydrogen) atoms. The van der Waals surface area contributed by atoms with E-state index in [1.165, 1.54) is 30.6 Å². The van der Waals surface area contributed by atoms with E-state index in [1.54, 1.807) is 41.3 Å². The van der Waals surface area contributed by atoms with Gasteiger partial charge >= 0.3 is 0 Å². The van der Waals surface area contributed by atoms with Crippen molar-refractivity contribution < 1.29 is 17.9 Å². The molecule has 0 bridgehead atoms. The van der Waals surface area contributed by atoms with Gasteiger partial charge in [0.15, 0.2) is 5.13 Å². The molecule has 1 N–H and O–H groups in total. The second kappa shape index (κ2) is 13.5. The molecule has 0 radical (unpaired) electrons. The number of likely N-dealkylation sites (N-methyl/N-ethyl adjacent to an activating group) is 1. The Morgan fingerprint density at radius 1 is 0.975 bits per heavy atom. The number of carbonyl (C=O) groups is 1. The Morgan fingerprint density at radius 2 is 1.62 bits per heavy atom. The molecule has 0 spiro atoms. The maximum absolute atomic E-state index is 14.1. The number of nitrogens with zero attached hydrogens (tertiary/aromatic N) is 3. The van der Waals surface area contributed by atoms with Gasteiger partial charge in [-0.3, -0.25) is 14.4 Å². The number of aromatic nitrogens is 1. The van der Waals surface area contributed by atoms with E-state index >= 15 is 0 Å². The molecule has 214 valence electrons. The summed E-state index contributed by atoms with van der Waals surface area (Å²) in [5.41, 5.74) is 3.60. The van der Waals surface area contributed by atoms with Crippen molar-refractivity contribution in [2.45, 2.75) is 32.6 Å². The van der Waals surface area contributed by atoms with Crippen LogP contribution >= 0.6 is 23.7 Å². The van der Waals surface area contributed by atoms with Crippen molar-refractivity contribution in [2.75, 3.05) is 42.9 Å². The Morgan fingerprint density at radius 3 is 2.27 bits per heavy atom. The van der Waals surface area contributed by atoms with Crippen LogP contribution in [0.2, 0.25) is 0 Å². The highest BCUT2D eigenvalue weighted by molar-refractivity contribution is 7.92. The summed E-state index contributed by atoms with van der Waals surface area (Å²) in [5.74, 6) is 0.234. The Bertz CT molecular complexity index is 1530. The van der Waals surface area contributed by atoms with Crippen LogP contribution in [0, 0.1) is 13.8 Å². The van der Waals surface area contributed by atoms with Crippen molar-refractivity contribution in [1.82, 2.24) is 9.88 Å². The number of fused-ring (bicyclic) bond motifs is 1. The van der Waals surface area contributed by atoms with Crippen LogP contribution in [0.4, 0.5) is 10.8 Å². The van der Waals surface area contributed by atoms with Crippen molar-refractivity contribution in [3.63, 3.8) is 0 Å². The SMILES string of the molecule is CCN(CC)CCN(C(=O)c1ccccc1NS(=O)(=O)c1ccc(OC)cc1)c1nc2cc(C)c(C)cc2s1.Cl. The summed E-state index contributed by atoms with van der Waals surface area (Å²) in [4.78, 5) is 22.9. The van der Waals surface area contributed by atoms with Gasteiger partial charge in [0.2, 0.25) is 0 Å². The predicted octanol–water partition coefficient (Wildman–Crippen LogP) is 6.13. The van der Waals surface area contributed by atoms with E-state index in [1.807, 2.05) is 13.0 Å². The molecule has 1 heterocycles. The third-order valence-corrected chi connectivity index (χ3v) is 9.20. The Hall–Kier alpha value is -3.18. The molecule has 0 aliphatic rings. The van der Waals surface area contributed by atoms with E-state index in [0.717, 1.165) is 34.4 Å². The molecule has 0 saturated carbocycles. The van der Waals surface area contributed by atoms with Crippen LogP contribution in [-0.4, -0.2) is 57.5 Å². The molecule has 11 heteroatoms. The third kappa shape index (κ3) is 6.93. The summed E-state index contributed by atoms with van der Waals surface area (Å²) in [6.07, 6.45) is 0. The first kappa shape index (κ1) is 31.3. The van der Waals surface area contributed by atoms with E-state index in [4.69, 9.17) is 9.72 Å². The van der Waals surface area contributed by atoms with Crippen LogP contribution in [0.5, 0.6) is 5.75 Å². The number of aryl methyl sites for hydroxylation is 2. The molecule has 0 unspecified atom stereocenters. The van der Waals surface area contributed by atoms with Crippen molar-refractivity contribution in [3.05, 3.63) is 77.4 Å². The first-order valence-corrected chi connectivity index (χ1v) is 15.1. The van der Waals surface area contributed by atoms with Gasteiger partial charge in [-0.15, -0.1) is 12.4 Å². The van der Waals surface area contributed by atoms with Gasteiger partial charge in [0.25, 0.3) is 15.9 Å². The molecule has 3 aromatic carbocycles. The van der Waals surface area contributed by atoms with E-state index in [2.05, 4.69) is 36.5 Å². The van der Waals surface area contributed by atoms with Crippen LogP contribution < -0.4 is 14.4 Å². The molecule has 4 aromatic rings. The average Bonchev–Trinajstić information content (AvgIpc) is 3.33. The lowest BCUT2D eigenvalue weighted by Gasteiger charge is -2.25. The van der Waals surface area contributed by atoms with E-state index in [9.17, 15) is 13.2 Å². The van der Waals surface area contributed by atoms with Crippen LogP contribution in [-0.2, 0) is 10.0 Å². The lowest BCUT2D eigenvalue weighted by Crippen LogP contribution is -2.39. The number of hydrogen-bond donors (Lipinski definition) is 1. The number of thiazole rings is 1. The second-order valence-corrected chi connectivity index (χ2v) is 11.9. The number of halogens is 1. The molecule has 8 nitrogen and oxygen atoms in total. The molecule has 0 fully saturated rings. The number of benzene rings is 3. The lowest BCUT2D eigenvalue weighted by atomic mass is 10.1. The lowest BCUT2D eigenvalue weighted by molar-refractivity contribution is 0.0984. The van der Waals surface area contributed by atoms with Crippen molar-refractivity contribution in [1.29, 1.82) is 0 Å². The number of sulfonamides is 1. The summed E-state index contributed by atoms with van der Waals surface area (Å²) < 4.78 is 35.1. The van der Waals surface area contributed by atoms with Gasteiger partial charge in [-0.25, -0.2) is 13.4 Å². The van der Waals surface area contributed by atoms with Gasteiger partial charge in [-0.05, 0) is 86.6 Å². The predicted molar refractivity (Wildman–Crippen MR) is 166 cm³/mol. The number of carbonyl (C=O) groups excluding carboxylic acids is 1. The van der Waals surface area contributed by atoms with Gasteiger partial charge in [-0.1, -0.05) is 37.3 Å². The molecule has 4 rings (SSSR count). The maximum atomic E-state index is 14.1. The number of ether oxygens (including phenoxy) is 1. The minimum atomic E-state index is -3.95. The summed E-state index contributed by atoms with van der Waals surface area (Å²) in [7, 11) is -2.43. The van der Waals surface area contributed by atoms with Crippen molar-refractivity contribution >= 4 is 60.7 Å². The van der Waals surface area contributed by atoms with E-state index in [0.29, 0.717) is 24.0 Å². The quantitative estimate of drug-likeness (QED) is 0.222. The third-order valence-electron chi connectivity index (χ3n) is 6.77. The van der Waals surface area contributed by atoms with Gasteiger partial charge in [0.05, 0.1) is 33.5 Å². The fraction of sp³-hybridized carbons (Fsp3) is 0.310. The van der Waals surface area contributed by atoms with Crippen LogP contribution in [0.3, 0.4) is 0 Å². The molecule has 1 amide bonds. The zero-order valence-electron chi connectivity index (χ0n) is 23.3. The molecular formula is C29H35ClN4O4S2. The van der Waals surface area contributed by atoms with E-state index in [-0.39, 0.29) is 34.5 Å². The smallest absolute Gasteiger partial charge is 0.262 e. The monoisotopic (exact) mass is 602 g/mol. The molecule has 0 aliphatic heterocycles. The number of rotatable bonds is 11. The minimum absolute atomic E-state index is 0. The highest BCUT2D eigenvalue weighted by Crippen LogP contribution is 2.33. The van der Waals surface area contributed by atoms with Gasteiger partial charge in [-0.2, -0.15) is 0 Å². The topological polar surface area (TPSA) is 91.8 Å². The molecule has 0 atom stereocenters. The number of anilines is 2. The number of amides is 1. The zero-order chi connectivity index (χ0) is 28.2. The number of methoxy groups -OCH3 is 1. The highest BCUT2D eigenvalue weighted by atomic mass is 35.5. The normalized spacial score (nSPS) is 11.3. The maximum Gasteiger partial charge on any atom is 0.262 e. The molecule has 1 aromatic heterocycles. The van der Waals surface area contributed by atoms with Crippen molar-refractivity contribution in [3.8, 4) is 5.75 Å². The van der Waals surface area contributed by atoms with Gasteiger partial charge < -0.3 is 9.64 Å². The summed E-state index contributed by atoms with van der Waals surface area (Å²) in [6, 6.07) is 16.9. The molecule has 0 aliphatic carbocycles. The van der Waals surface area contributed by atoms with Crippen LogP contribution in [0.15, 0.2) is 65.6 Å². The van der Waals surface area contributed by atoms with Crippen molar-refractivity contribution in [2.24, 2.45) is 0 Å². The number of nitrogens with one attached hydrogen (secondary N) is 1. The van der Waals surface area contributed by atoms with E-state index < -0.39 is 10.0 Å². The van der Waals surface area contributed by atoms with Crippen LogP contribution in [0.25, 0.3) is 10.2 Å². The van der Waals surface area contributed by atoms with Gasteiger partial charge in [0.1, 0.15) is 5.75 Å². The average molecular weight is 603 g/mol. The minimum Gasteiger partial charge on any atom is -0.497 e. The summed E-state index contributed by atoms with van der Waals surface area (Å²) in [5, 5.41) is 0.583. The Kier molecular flexibility index (Phi) is 10.5. The largest absolute Gasteiger partial charge is 0.497 e. The number of hydrogen-bond acceptors (Lipinski definition) is 7. The fourth-order valence-electron chi connectivity index (χ4n) is 4.21. The van der Waals surface area contributed by atoms with Gasteiger partial charge in [0, 0.05) is 13.1 Å². The summed E-state index contributed by atoms with van der Waals surface area (Å²) in [6.45, 7) is 11.1. The Balaban J connectivity index is 0.00000441. The standard InChI is InChI=1S/C29H34N4O4S2.ClH/c1-6-32(7-2)16-17-33(29-30-26-18-20(3)21(4)19-27(26)38-29)28(34)24-10-8-9-11-25(24)31-39(35,36)23-14-12-22(37-5)13-15-23;/h8-15,18-19,31H,6-7,16-17H2,1-5H3;1H. The molecule has 0 saturated heterocycles. The summed E-state index contributed by atoms with van der Waals surface area (Å²) >= 11 is 1.46. The number of para-hydroxylation sites is 1. The zero-order valence-corrected chi connectivity index (χ0v) is 25.8. The second-order valence-electron chi connectivity index (χ2n) is 9.21. The molecular weight excluding hydrogens is 568 g/mol. The first-order valence-electron chi connectivity index (χ1n) is 12.8. The fourth-order valence-corrected chi connectivity index (χ4v) is 6.36.